The average Bonchev–Trinajstić information content (AvgIpc) is 2.94. The van der Waals surface area contributed by atoms with Gasteiger partial charge in [0.25, 0.3) is 5.91 Å². The van der Waals surface area contributed by atoms with E-state index in [0.29, 0.717) is 15.4 Å². The van der Waals surface area contributed by atoms with Crippen molar-refractivity contribution in [3.8, 4) is 0 Å². The molecule has 0 saturated carbocycles. The highest BCUT2D eigenvalue weighted by molar-refractivity contribution is 7.14. The summed E-state index contributed by atoms with van der Waals surface area (Å²) in [6.07, 6.45) is 0. The third-order valence-electron chi connectivity index (χ3n) is 2.97. The van der Waals surface area contributed by atoms with Crippen LogP contribution in [0.15, 0.2) is 11.4 Å². The number of anilines is 1. The Balaban J connectivity index is 2.28. The predicted molar refractivity (Wildman–Crippen MR) is 82.1 cm³/mol. The summed E-state index contributed by atoms with van der Waals surface area (Å²) in [5, 5.41) is 4.64. The molecule has 1 N–H and O–H groups in total. The van der Waals surface area contributed by atoms with E-state index in [1.54, 1.807) is 0 Å². The van der Waals surface area contributed by atoms with E-state index >= 15 is 0 Å². The van der Waals surface area contributed by atoms with Crippen molar-refractivity contribution in [3.63, 3.8) is 0 Å². The average molecular weight is 309 g/mol. The minimum Gasteiger partial charge on any atom is -0.465 e. The van der Waals surface area contributed by atoms with E-state index in [0.717, 1.165) is 16.0 Å². The monoisotopic (exact) mass is 309 g/mol. The molecule has 0 atom stereocenters. The number of ether oxygens (including phenoxy) is 1. The van der Waals surface area contributed by atoms with Crippen LogP contribution in [0.4, 0.5) is 5.69 Å². The Labute approximate surface area is 125 Å². The summed E-state index contributed by atoms with van der Waals surface area (Å²) in [6, 6.07) is 1.86. The fraction of sp³-hybridized carbons (Fsp3) is 0.286. The number of hydrogen-bond acceptors (Lipinski definition) is 5. The van der Waals surface area contributed by atoms with Gasteiger partial charge < -0.3 is 10.1 Å². The van der Waals surface area contributed by atoms with Crippen LogP contribution in [-0.2, 0) is 4.74 Å². The van der Waals surface area contributed by atoms with E-state index in [1.807, 2.05) is 32.2 Å². The minimum atomic E-state index is -0.433. The SMILES string of the molecule is COC(=O)c1scc(C)c1NC(=O)c1cc(C)c(C)s1. The van der Waals surface area contributed by atoms with Crippen molar-refractivity contribution in [1.29, 1.82) is 0 Å². The van der Waals surface area contributed by atoms with Gasteiger partial charge in [0.2, 0.25) is 0 Å². The predicted octanol–water partition coefficient (Wildman–Crippen LogP) is 3.77. The number of amides is 1. The molecule has 4 nitrogen and oxygen atoms in total. The summed E-state index contributed by atoms with van der Waals surface area (Å²) >= 11 is 2.71. The number of esters is 1. The van der Waals surface area contributed by atoms with Crippen LogP contribution in [0.2, 0.25) is 0 Å². The van der Waals surface area contributed by atoms with Gasteiger partial charge in [0.15, 0.2) is 0 Å². The lowest BCUT2D eigenvalue weighted by molar-refractivity contribution is 0.0607. The Bertz CT molecular complexity index is 651. The van der Waals surface area contributed by atoms with Crippen molar-refractivity contribution in [2.24, 2.45) is 0 Å². The van der Waals surface area contributed by atoms with E-state index < -0.39 is 5.97 Å². The van der Waals surface area contributed by atoms with Crippen LogP contribution in [-0.4, -0.2) is 19.0 Å². The molecule has 0 saturated heterocycles. The second kappa shape index (κ2) is 5.76. The molecule has 2 rings (SSSR count). The molecule has 0 aliphatic carbocycles. The van der Waals surface area contributed by atoms with Gasteiger partial charge in [0.1, 0.15) is 4.88 Å². The van der Waals surface area contributed by atoms with Gasteiger partial charge in [-0.15, -0.1) is 22.7 Å². The molecule has 2 aromatic rings. The Hall–Kier alpha value is -1.66. The fourth-order valence-corrected chi connectivity index (χ4v) is 3.55. The van der Waals surface area contributed by atoms with Gasteiger partial charge in [-0.05, 0) is 43.3 Å². The highest BCUT2D eigenvalue weighted by Gasteiger charge is 2.20. The smallest absolute Gasteiger partial charge is 0.350 e. The van der Waals surface area contributed by atoms with Gasteiger partial charge >= 0.3 is 5.97 Å². The maximum atomic E-state index is 12.2. The Morgan fingerprint density at radius 3 is 2.45 bits per heavy atom. The summed E-state index contributed by atoms with van der Waals surface area (Å²) in [6.45, 7) is 5.80. The Kier molecular flexibility index (Phi) is 4.25. The number of methoxy groups -OCH3 is 1. The van der Waals surface area contributed by atoms with Gasteiger partial charge in [-0.25, -0.2) is 4.79 Å². The molecule has 0 fully saturated rings. The largest absolute Gasteiger partial charge is 0.465 e. The number of carbonyl (C=O) groups excluding carboxylic acids is 2. The topological polar surface area (TPSA) is 55.4 Å². The van der Waals surface area contributed by atoms with Gasteiger partial charge in [-0.2, -0.15) is 0 Å². The molecule has 0 aromatic carbocycles. The molecule has 2 aromatic heterocycles. The summed E-state index contributed by atoms with van der Waals surface area (Å²) in [4.78, 5) is 26.1. The first-order valence-corrected chi connectivity index (χ1v) is 7.68. The third-order valence-corrected chi connectivity index (χ3v) is 5.20. The van der Waals surface area contributed by atoms with Crippen molar-refractivity contribution in [2.75, 3.05) is 12.4 Å². The first-order valence-electron chi connectivity index (χ1n) is 5.98. The van der Waals surface area contributed by atoms with Crippen molar-refractivity contribution in [3.05, 3.63) is 37.2 Å². The number of carbonyl (C=O) groups is 2. The number of nitrogens with one attached hydrogen (secondary N) is 1. The number of aryl methyl sites for hydroxylation is 3. The molecule has 0 aliphatic rings. The molecule has 0 bridgehead atoms. The first-order chi connectivity index (χ1) is 9.43. The van der Waals surface area contributed by atoms with Crippen LogP contribution in [0, 0.1) is 20.8 Å². The number of rotatable bonds is 3. The molecule has 0 aliphatic heterocycles. The van der Waals surface area contributed by atoms with Crippen LogP contribution >= 0.6 is 22.7 Å². The van der Waals surface area contributed by atoms with Crippen LogP contribution < -0.4 is 5.32 Å². The second-order valence-corrected chi connectivity index (χ2v) is 6.55. The summed E-state index contributed by atoms with van der Waals surface area (Å²) in [7, 11) is 1.33. The molecule has 106 valence electrons. The molecule has 0 radical (unpaired) electrons. The van der Waals surface area contributed by atoms with Crippen LogP contribution in [0.25, 0.3) is 0 Å². The second-order valence-electron chi connectivity index (χ2n) is 4.42. The maximum Gasteiger partial charge on any atom is 0.350 e. The highest BCUT2D eigenvalue weighted by atomic mass is 32.1. The van der Waals surface area contributed by atoms with Crippen molar-refractivity contribution in [2.45, 2.75) is 20.8 Å². The standard InChI is InChI=1S/C14H15NO3S2/c1-7-5-10(20-9(7)3)13(16)15-11-8(2)6-19-12(11)14(17)18-4/h5-6H,1-4H3,(H,15,16). The van der Waals surface area contributed by atoms with E-state index in [-0.39, 0.29) is 5.91 Å². The van der Waals surface area contributed by atoms with Crippen molar-refractivity contribution >= 4 is 40.2 Å². The normalized spacial score (nSPS) is 10.4. The van der Waals surface area contributed by atoms with Gasteiger partial charge in [0.05, 0.1) is 17.7 Å². The Morgan fingerprint density at radius 1 is 1.20 bits per heavy atom. The minimum absolute atomic E-state index is 0.196. The lowest BCUT2D eigenvalue weighted by Crippen LogP contribution is -2.13. The highest BCUT2D eigenvalue weighted by Crippen LogP contribution is 2.29. The lowest BCUT2D eigenvalue weighted by atomic mass is 10.2. The van der Waals surface area contributed by atoms with Crippen molar-refractivity contribution in [1.82, 2.24) is 0 Å². The fourth-order valence-electron chi connectivity index (χ4n) is 1.70. The molecule has 20 heavy (non-hydrogen) atoms. The Morgan fingerprint density at radius 2 is 1.90 bits per heavy atom. The lowest BCUT2D eigenvalue weighted by Gasteiger charge is -2.05. The van der Waals surface area contributed by atoms with E-state index in [2.05, 4.69) is 5.32 Å². The summed E-state index contributed by atoms with van der Waals surface area (Å²) < 4.78 is 4.72. The first kappa shape index (κ1) is 14.7. The molecular weight excluding hydrogens is 294 g/mol. The number of thiophene rings is 2. The zero-order chi connectivity index (χ0) is 14.9. The summed E-state index contributed by atoms with van der Waals surface area (Å²) in [5.74, 6) is -0.630. The zero-order valence-electron chi connectivity index (χ0n) is 11.7. The third kappa shape index (κ3) is 2.76. The molecule has 0 unspecified atom stereocenters. The zero-order valence-corrected chi connectivity index (χ0v) is 13.3. The van der Waals surface area contributed by atoms with E-state index in [9.17, 15) is 9.59 Å². The van der Waals surface area contributed by atoms with Gasteiger partial charge in [0, 0.05) is 4.88 Å². The quantitative estimate of drug-likeness (QED) is 0.878. The molecule has 0 spiro atoms. The maximum absolute atomic E-state index is 12.2. The van der Waals surface area contributed by atoms with E-state index in [4.69, 9.17) is 4.74 Å². The van der Waals surface area contributed by atoms with Crippen LogP contribution in [0.5, 0.6) is 0 Å². The molecule has 1 amide bonds. The molecular formula is C14H15NO3S2. The number of hydrogen-bond donors (Lipinski definition) is 1. The molecule has 6 heteroatoms. The van der Waals surface area contributed by atoms with Crippen LogP contribution in [0.1, 0.15) is 35.3 Å². The van der Waals surface area contributed by atoms with Gasteiger partial charge in [-0.3, -0.25) is 4.79 Å². The van der Waals surface area contributed by atoms with E-state index in [1.165, 1.54) is 29.8 Å². The van der Waals surface area contributed by atoms with Crippen LogP contribution in [0.3, 0.4) is 0 Å². The molecule has 2 heterocycles. The summed E-state index contributed by atoms with van der Waals surface area (Å²) in [5.41, 5.74) is 2.49. The van der Waals surface area contributed by atoms with Gasteiger partial charge in [-0.1, -0.05) is 0 Å². The van der Waals surface area contributed by atoms with Crippen molar-refractivity contribution < 1.29 is 14.3 Å².